The number of pyridine rings is 1. The van der Waals surface area contributed by atoms with Gasteiger partial charge in [-0.3, -0.25) is 4.79 Å². The number of benzene rings is 1. The normalized spacial score (nSPS) is 12.2. The summed E-state index contributed by atoms with van der Waals surface area (Å²) in [6, 6.07) is 9.02. The minimum absolute atomic E-state index is 0.0421. The molecule has 0 N–H and O–H groups in total. The topological polar surface area (TPSA) is 65.5 Å². The summed E-state index contributed by atoms with van der Waals surface area (Å²) in [7, 11) is -1.28. The van der Waals surface area contributed by atoms with Crippen molar-refractivity contribution < 1.29 is 18.8 Å². The lowest BCUT2D eigenvalue weighted by atomic mass is 9.82. The summed E-state index contributed by atoms with van der Waals surface area (Å²) in [5, 5.41) is 0.0421. The highest BCUT2D eigenvalue weighted by atomic mass is 35.5. The number of ketones is 1. The fraction of sp³-hybridized carbons (Fsp3) is 0.375. The molecule has 1 heterocycles. The van der Waals surface area contributed by atoms with Crippen LogP contribution in [0, 0.1) is 0 Å². The average Bonchev–Trinajstić information content (AvgIpc) is 2.69. The van der Waals surface area contributed by atoms with Crippen molar-refractivity contribution in [1.82, 2.24) is 4.98 Å². The first kappa shape index (κ1) is 25.0. The number of esters is 1. The van der Waals surface area contributed by atoms with Crippen LogP contribution in [-0.2, 0) is 26.0 Å². The molecule has 0 bridgehead atoms. The minimum atomic E-state index is -1.28. The fourth-order valence-corrected chi connectivity index (χ4v) is 3.84. The fourth-order valence-electron chi connectivity index (χ4n) is 3.14. The summed E-state index contributed by atoms with van der Waals surface area (Å²) in [6.45, 7) is 12.9. The molecule has 0 atom stereocenters. The molecule has 166 valence electrons. The maximum absolute atomic E-state index is 13.2. The predicted octanol–water partition coefficient (Wildman–Crippen LogP) is 5.36. The molecule has 5 nitrogen and oxygen atoms in total. The van der Waals surface area contributed by atoms with Gasteiger partial charge in [0.05, 0.1) is 18.8 Å². The summed E-state index contributed by atoms with van der Waals surface area (Å²) in [6.07, 6.45) is 3.07. The molecule has 0 aliphatic heterocycles. The molecule has 1 aromatic carbocycles. The molecule has 0 aliphatic carbocycles. The van der Waals surface area contributed by atoms with E-state index in [4.69, 9.17) is 20.8 Å². The van der Waals surface area contributed by atoms with Crippen LogP contribution in [-0.4, -0.2) is 32.4 Å². The Morgan fingerprint density at radius 1 is 1.16 bits per heavy atom. The largest absolute Gasteiger partial charge is 0.462 e. The average molecular weight is 460 g/mol. The Labute approximate surface area is 191 Å². The van der Waals surface area contributed by atoms with Gasteiger partial charge in [-0.1, -0.05) is 50.6 Å². The van der Waals surface area contributed by atoms with Crippen molar-refractivity contribution in [3.63, 3.8) is 0 Å². The Hall–Kier alpha value is -2.28. The summed E-state index contributed by atoms with van der Waals surface area (Å²) in [4.78, 5) is 29.9. The standard InChI is InChI=1S/C24H30ClNO4Si/c1-7-29-23(28)18(21(27)17-11-9-13-26-22(17)25)14-16-10-8-12-20(24(2,3)4)19(16)15-30-31(5)6/h8-14,31H,7,15H2,1-6H3. The zero-order valence-corrected chi connectivity index (χ0v) is 20.9. The van der Waals surface area contributed by atoms with Gasteiger partial charge in [0.25, 0.3) is 0 Å². The number of hydrogen-bond acceptors (Lipinski definition) is 5. The molecule has 0 saturated carbocycles. The monoisotopic (exact) mass is 459 g/mol. The van der Waals surface area contributed by atoms with E-state index >= 15 is 0 Å². The Morgan fingerprint density at radius 3 is 2.45 bits per heavy atom. The Kier molecular flexibility index (Phi) is 8.74. The van der Waals surface area contributed by atoms with Crippen molar-refractivity contribution in [3.05, 3.63) is 69.5 Å². The van der Waals surface area contributed by atoms with E-state index in [-0.39, 0.29) is 28.3 Å². The summed E-state index contributed by atoms with van der Waals surface area (Å²) in [5.74, 6) is -1.22. The highest BCUT2D eigenvalue weighted by Crippen LogP contribution is 2.30. The second kappa shape index (κ2) is 10.8. The van der Waals surface area contributed by atoms with Gasteiger partial charge in [0.2, 0.25) is 5.78 Å². The van der Waals surface area contributed by atoms with Crippen molar-refractivity contribution >= 4 is 38.5 Å². The molecular formula is C24H30ClNO4Si. The van der Waals surface area contributed by atoms with Crippen molar-refractivity contribution in [2.24, 2.45) is 0 Å². The minimum Gasteiger partial charge on any atom is -0.462 e. The van der Waals surface area contributed by atoms with E-state index in [1.807, 2.05) is 12.1 Å². The first-order valence-electron chi connectivity index (χ1n) is 10.3. The van der Waals surface area contributed by atoms with Crippen LogP contribution in [0.5, 0.6) is 0 Å². The third-order valence-electron chi connectivity index (χ3n) is 4.62. The summed E-state index contributed by atoms with van der Waals surface area (Å²) in [5.41, 5.74) is 2.74. The van der Waals surface area contributed by atoms with Crippen LogP contribution < -0.4 is 0 Å². The number of carbonyl (C=O) groups excluding carboxylic acids is 2. The highest BCUT2D eigenvalue weighted by molar-refractivity contribution is 6.48. The van der Waals surface area contributed by atoms with Crippen molar-refractivity contribution in [3.8, 4) is 0 Å². The van der Waals surface area contributed by atoms with Crippen LogP contribution >= 0.6 is 11.6 Å². The van der Waals surface area contributed by atoms with Gasteiger partial charge < -0.3 is 9.16 Å². The third-order valence-corrected chi connectivity index (χ3v) is 5.76. The van der Waals surface area contributed by atoms with E-state index < -0.39 is 20.8 Å². The second-order valence-corrected chi connectivity index (χ2v) is 11.2. The molecule has 0 fully saturated rings. The number of carbonyl (C=O) groups is 2. The number of nitrogens with zero attached hydrogens (tertiary/aromatic N) is 1. The molecule has 0 spiro atoms. The van der Waals surface area contributed by atoms with Crippen LogP contribution in [0.25, 0.3) is 6.08 Å². The first-order chi connectivity index (χ1) is 14.6. The van der Waals surface area contributed by atoms with E-state index in [0.29, 0.717) is 6.61 Å². The number of halogens is 1. The Morgan fingerprint density at radius 2 is 1.87 bits per heavy atom. The zero-order valence-electron chi connectivity index (χ0n) is 19.0. The molecule has 7 heteroatoms. The molecule has 0 aliphatic rings. The smallest absolute Gasteiger partial charge is 0.342 e. The van der Waals surface area contributed by atoms with Gasteiger partial charge in [-0.25, -0.2) is 9.78 Å². The molecule has 2 aromatic rings. The quantitative estimate of drug-likeness (QED) is 0.101. The predicted molar refractivity (Wildman–Crippen MR) is 127 cm³/mol. The molecule has 0 radical (unpaired) electrons. The van der Waals surface area contributed by atoms with Gasteiger partial charge >= 0.3 is 5.97 Å². The van der Waals surface area contributed by atoms with Crippen LogP contribution in [0.15, 0.2) is 42.1 Å². The van der Waals surface area contributed by atoms with Crippen molar-refractivity contribution in [2.75, 3.05) is 6.61 Å². The van der Waals surface area contributed by atoms with Gasteiger partial charge in [-0.15, -0.1) is 0 Å². The number of aromatic nitrogens is 1. The van der Waals surface area contributed by atoms with Crippen LogP contribution in [0.2, 0.25) is 18.2 Å². The van der Waals surface area contributed by atoms with Gasteiger partial charge in [0.1, 0.15) is 10.7 Å². The van der Waals surface area contributed by atoms with Gasteiger partial charge in [-0.2, -0.15) is 0 Å². The maximum atomic E-state index is 13.2. The van der Waals surface area contributed by atoms with Gasteiger partial charge in [0.15, 0.2) is 9.04 Å². The third kappa shape index (κ3) is 6.60. The summed E-state index contributed by atoms with van der Waals surface area (Å²) >= 11 is 6.12. The maximum Gasteiger partial charge on any atom is 0.342 e. The summed E-state index contributed by atoms with van der Waals surface area (Å²) < 4.78 is 11.2. The molecular weight excluding hydrogens is 430 g/mol. The van der Waals surface area contributed by atoms with Crippen molar-refractivity contribution in [2.45, 2.75) is 52.8 Å². The van der Waals surface area contributed by atoms with Crippen LogP contribution in [0.3, 0.4) is 0 Å². The number of Topliss-reactive ketones (excluding diaryl/α,β-unsaturated/α-hetero) is 1. The SMILES string of the molecule is CCOC(=O)C(=Cc1cccc(C(C)(C)C)c1CO[SiH](C)C)C(=O)c1cccnc1Cl. The van der Waals surface area contributed by atoms with Gasteiger partial charge in [-0.05, 0) is 60.3 Å². The molecule has 0 unspecified atom stereocenters. The lowest BCUT2D eigenvalue weighted by Gasteiger charge is -2.25. The molecule has 0 saturated heterocycles. The molecule has 2 rings (SSSR count). The van der Waals surface area contributed by atoms with Crippen LogP contribution in [0.4, 0.5) is 0 Å². The number of rotatable bonds is 8. The van der Waals surface area contributed by atoms with E-state index in [1.165, 1.54) is 6.20 Å². The molecule has 31 heavy (non-hydrogen) atoms. The highest BCUT2D eigenvalue weighted by Gasteiger charge is 2.25. The van der Waals surface area contributed by atoms with Crippen molar-refractivity contribution in [1.29, 1.82) is 0 Å². The Bertz CT molecular complexity index is 980. The van der Waals surface area contributed by atoms with Crippen LogP contribution in [0.1, 0.15) is 54.7 Å². The van der Waals surface area contributed by atoms with E-state index in [0.717, 1.165) is 16.7 Å². The lowest BCUT2D eigenvalue weighted by molar-refractivity contribution is -0.137. The van der Waals surface area contributed by atoms with Gasteiger partial charge in [0, 0.05) is 6.20 Å². The second-order valence-electron chi connectivity index (χ2n) is 8.43. The first-order valence-corrected chi connectivity index (χ1v) is 13.5. The number of ether oxygens (including phenoxy) is 1. The lowest BCUT2D eigenvalue weighted by Crippen LogP contribution is -2.19. The van der Waals surface area contributed by atoms with E-state index in [9.17, 15) is 9.59 Å². The zero-order chi connectivity index (χ0) is 23.2. The number of hydrogen-bond donors (Lipinski definition) is 0. The molecule has 1 aromatic heterocycles. The van der Waals surface area contributed by atoms with E-state index in [1.54, 1.807) is 25.1 Å². The Balaban J connectivity index is 2.67. The van der Waals surface area contributed by atoms with E-state index in [2.05, 4.69) is 44.9 Å². The molecule has 0 amide bonds.